The van der Waals surface area contributed by atoms with Crippen LogP contribution < -0.4 is 5.32 Å². The van der Waals surface area contributed by atoms with Crippen molar-refractivity contribution in [2.45, 2.75) is 19.2 Å². The zero-order valence-electron chi connectivity index (χ0n) is 8.36. The topological polar surface area (TPSA) is 30.5 Å². The van der Waals surface area contributed by atoms with Crippen LogP contribution in [0.15, 0.2) is 0 Å². The Labute approximate surface area is 81.6 Å². The molecule has 86 valence electrons. The van der Waals surface area contributed by atoms with Crippen LogP contribution in [-0.2, 0) is 9.47 Å². The highest BCUT2D eigenvalue weighted by atomic mass is 19.4. The van der Waals surface area contributed by atoms with Crippen molar-refractivity contribution in [1.82, 2.24) is 5.32 Å². The molecular weight excluding hydrogens is 199 g/mol. The highest BCUT2D eigenvalue weighted by molar-refractivity contribution is 4.55. The summed E-state index contributed by atoms with van der Waals surface area (Å²) in [5, 5.41) is 2.23. The van der Waals surface area contributed by atoms with Gasteiger partial charge in [0.25, 0.3) is 0 Å². The van der Waals surface area contributed by atoms with Crippen LogP contribution in [0.2, 0.25) is 0 Å². The maximum atomic E-state index is 11.6. The summed E-state index contributed by atoms with van der Waals surface area (Å²) in [6, 6.07) is 0. The van der Waals surface area contributed by atoms with Crippen molar-refractivity contribution in [3.63, 3.8) is 0 Å². The van der Waals surface area contributed by atoms with Gasteiger partial charge in [-0.1, -0.05) is 0 Å². The number of halogens is 3. The molecule has 0 bridgehead atoms. The van der Waals surface area contributed by atoms with E-state index in [4.69, 9.17) is 9.47 Å². The van der Waals surface area contributed by atoms with Crippen LogP contribution in [0, 0.1) is 0 Å². The van der Waals surface area contributed by atoms with Crippen molar-refractivity contribution in [3.8, 4) is 0 Å². The van der Waals surface area contributed by atoms with Crippen LogP contribution in [0.3, 0.4) is 0 Å². The van der Waals surface area contributed by atoms with Gasteiger partial charge in [0.05, 0.1) is 25.9 Å². The molecule has 1 atom stereocenters. The Bertz CT molecular complexity index is 141. The highest BCUT2D eigenvalue weighted by Gasteiger charge is 2.25. The number of ether oxygens (including phenoxy) is 2. The van der Waals surface area contributed by atoms with Crippen molar-refractivity contribution < 1.29 is 22.6 Å². The van der Waals surface area contributed by atoms with Crippen molar-refractivity contribution >= 4 is 0 Å². The first kappa shape index (κ1) is 13.7. The number of hydrogen-bond donors (Lipinski definition) is 1. The van der Waals surface area contributed by atoms with E-state index < -0.39 is 12.7 Å². The van der Waals surface area contributed by atoms with E-state index in [2.05, 4.69) is 5.32 Å². The van der Waals surface area contributed by atoms with Gasteiger partial charge in [-0.05, 0) is 6.92 Å². The van der Waals surface area contributed by atoms with E-state index in [1.165, 1.54) is 0 Å². The van der Waals surface area contributed by atoms with E-state index in [-0.39, 0.29) is 19.3 Å². The Morgan fingerprint density at radius 1 is 1.36 bits per heavy atom. The van der Waals surface area contributed by atoms with Crippen molar-refractivity contribution in [2.75, 3.05) is 33.4 Å². The molecule has 0 heterocycles. The number of methoxy groups -OCH3 is 1. The van der Waals surface area contributed by atoms with Gasteiger partial charge in [-0.2, -0.15) is 13.2 Å². The molecule has 0 saturated heterocycles. The summed E-state index contributed by atoms with van der Waals surface area (Å²) >= 11 is 0. The first-order chi connectivity index (χ1) is 6.45. The smallest absolute Gasteiger partial charge is 0.382 e. The molecule has 0 aliphatic heterocycles. The summed E-state index contributed by atoms with van der Waals surface area (Å²) in [6.45, 7) is 1.70. The van der Waals surface area contributed by atoms with Gasteiger partial charge in [0.15, 0.2) is 0 Å². The lowest BCUT2D eigenvalue weighted by atomic mass is 10.4. The molecule has 0 rings (SSSR count). The minimum absolute atomic E-state index is 0.0901. The lowest BCUT2D eigenvalue weighted by molar-refractivity contribution is -0.125. The summed E-state index contributed by atoms with van der Waals surface area (Å²) < 4.78 is 44.8. The van der Waals surface area contributed by atoms with Gasteiger partial charge in [-0.3, -0.25) is 0 Å². The molecule has 14 heavy (non-hydrogen) atoms. The van der Waals surface area contributed by atoms with E-state index in [1.54, 1.807) is 14.0 Å². The minimum atomic E-state index is -4.15. The van der Waals surface area contributed by atoms with Crippen LogP contribution in [0.1, 0.15) is 6.92 Å². The maximum absolute atomic E-state index is 11.6. The average molecular weight is 215 g/mol. The van der Waals surface area contributed by atoms with Gasteiger partial charge in [-0.25, -0.2) is 0 Å². The predicted molar refractivity (Wildman–Crippen MR) is 46.2 cm³/mol. The summed E-state index contributed by atoms with van der Waals surface area (Å²) in [5.41, 5.74) is 0. The molecule has 0 amide bonds. The largest absolute Gasteiger partial charge is 0.401 e. The molecule has 3 nitrogen and oxygen atoms in total. The molecule has 0 aliphatic carbocycles. The van der Waals surface area contributed by atoms with Crippen LogP contribution in [0.25, 0.3) is 0 Å². The molecule has 0 aliphatic rings. The standard InChI is InChI=1S/C8H16F3NO2/c1-7(5-13-2)14-4-3-12-6-8(9,10)11/h7,12H,3-6H2,1-2H3. The summed E-state index contributed by atoms with van der Waals surface area (Å²) in [5.74, 6) is 0. The fourth-order valence-electron chi connectivity index (χ4n) is 0.845. The van der Waals surface area contributed by atoms with Crippen molar-refractivity contribution in [3.05, 3.63) is 0 Å². The Hall–Kier alpha value is -0.330. The van der Waals surface area contributed by atoms with Crippen LogP contribution in [-0.4, -0.2) is 45.7 Å². The molecule has 0 aromatic heterocycles. The zero-order chi connectivity index (χ0) is 11.0. The highest BCUT2D eigenvalue weighted by Crippen LogP contribution is 2.11. The normalized spacial score (nSPS) is 14.4. The number of alkyl halides is 3. The number of nitrogens with one attached hydrogen (secondary N) is 1. The van der Waals surface area contributed by atoms with Gasteiger partial charge in [0.2, 0.25) is 0 Å². The summed E-state index contributed by atoms with van der Waals surface area (Å²) in [7, 11) is 1.54. The monoisotopic (exact) mass is 215 g/mol. The predicted octanol–water partition coefficient (Wildman–Crippen LogP) is 1.19. The van der Waals surface area contributed by atoms with Crippen molar-refractivity contribution in [2.24, 2.45) is 0 Å². The first-order valence-corrected chi connectivity index (χ1v) is 4.33. The van der Waals surface area contributed by atoms with Crippen LogP contribution in [0.5, 0.6) is 0 Å². The second-order valence-electron chi connectivity index (χ2n) is 2.93. The lowest BCUT2D eigenvalue weighted by Gasteiger charge is -2.12. The lowest BCUT2D eigenvalue weighted by Crippen LogP contribution is -2.32. The second kappa shape index (κ2) is 7.03. The molecule has 1 unspecified atom stereocenters. The van der Waals surface area contributed by atoms with E-state index in [0.717, 1.165) is 0 Å². The third kappa shape index (κ3) is 9.76. The Morgan fingerprint density at radius 3 is 2.50 bits per heavy atom. The van der Waals surface area contributed by atoms with Crippen molar-refractivity contribution in [1.29, 1.82) is 0 Å². The van der Waals surface area contributed by atoms with E-state index >= 15 is 0 Å². The Morgan fingerprint density at radius 2 is 2.00 bits per heavy atom. The minimum Gasteiger partial charge on any atom is -0.382 e. The molecule has 0 saturated carbocycles. The summed E-state index contributed by atoms with van der Waals surface area (Å²) in [6.07, 6.45) is -4.24. The van der Waals surface area contributed by atoms with E-state index in [0.29, 0.717) is 6.61 Å². The fraction of sp³-hybridized carbons (Fsp3) is 1.00. The van der Waals surface area contributed by atoms with Crippen LogP contribution >= 0.6 is 0 Å². The third-order valence-electron chi connectivity index (χ3n) is 1.41. The molecule has 1 N–H and O–H groups in total. The quantitative estimate of drug-likeness (QED) is 0.647. The third-order valence-corrected chi connectivity index (χ3v) is 1.41. The van der Waals surface area contributed by atoms with Gasteiger partial charge < -0.3 is 14.8 Å². The molecule has 0 radical (unpaired) electrons. The second-order valence-corrected chi connectivity index (χ2v) is 2.93. The van der Waals surface area contributed by atoms with E-state index in [9.17, 15) is 13.2 Å². The fourth-order valence-corrected chi connectivity index (χ4v) is 0.845. The van der Waals surface area contributed by atoms with E-state index in [1.807, 2.05) is 0 Å². The molecule has 0 aromatic rings. The first-order valence-electron chi connectivity index (χ1n) is 4.33. The molecular formula is C8H16F3NO2. The molecule has 0 spiro atoms. The van der Waals surface area contributed by atoms with Gasteiger partial charge in [-0.15, -0.1) is 0 Å². The number of rotatable bonds is 7. The Balaban J connectivity index is 3.21. The molecule has 0 fully saturated rings. The zero-order valence-corrected chi connectivity index (χ0v) is 8.36. The van der Waals surface area contributed by atoms with Gasteiger partial charge in [0.1, 0.15) is 0 Å². The molecule has 6 heteroatoms. The van der Waals surface area contributed by atoms with Gasteiger partial charge in [0, 0.05) is 13.7 Å². The van der Waals surface area contributed by atoms with Gasteiger partial charge >= 0.3 is 6.18 Å². The van der Waals surface area contributed by atoms with Crippen LogP contribution in [0.4, 0.5) is 13.2 Å². The average Bonchev–Trinajstić information content (AvgIpc) is 2.02. The SMILES string of the molecule is COCC(C)OCCNCC(F)(F)F. The maximum Gasteiger partial charge on any atom is 0.401 e. The Kier molecular flexibility index (Phi) is 6.86. The number of hydrogen-bond acceptors (Lipinski definition) is 3. The molecule has 0 aromatic carbocycles. The summed E-state index contributed by atoms with van der Waals surface area (Å²) in [4.78, 5) is 0.